The number of nitrogens with zero attached hydrogens (tertiary/aromatic N) is 3. The molecule has 1 heterocycles. The summed E-state index contributed by atoms with van der Waals surface area (Å²) in [6, 6.07) is 11.0. The van der Waals surface area contributed by atoms with Gasteiger partial charge in [-0.2, -0.15) is 0 Å². The Kier molecular flexibility index (Phi) is 6.00. The molecule has 1 saturated heterocycles. The van der Waals surface area contributed by atoms with Gasteiger partial charge in [0, 0.05) is 24.7 Å². The minimum absolute atomic E-state index is 0.0753. The third-order valence-corrected chi connectivity index (χ3v) is 6.97. The number of benzene rings is 2. The third-order valence-electron chi connectivity index (χ3n) is 6.25. The van der Waals surface area contributed by atoms with Crippen LogP contribution in [0.15, 0.2) is 36.4 Å². The molecule has 2 atom stereocenters. The number of halogens is 2. The molecule has 2 aliphatic rings. The average molecular weight is 448 g/mol. The Hall–Kier alpha value is -2.15. The zero-order chi connectivity index (χ0) is 21.4. The molecule has 2 aromatic rings. The molecule has 1 aliphatic heterocycles. The number of carbonyl (C=O) groups is 1. The molecule has 0 N–H and O–H groups in total. The summed E-state index contributed by atoms with van der Waals surface area (Å²) < 4.78 is 0. The lowest BCUT2D eigenvalue weighted by Gasteiger charge is -2.35. The minimum atomic E-state index is -0.525. The van der Waals surface area contributed by atoms with Gasteiger partial charge >= 0.3 is 0 Å². The van der Waals surface area contributed by atoms with Crippen LogP contribution in [-0.4, -0.2) is 46.8 Å². The van der Waals surface area contributed by atoms with E-state index in [2.05, 4.69) is 17.0 Å². The van der Waals surface area contributed by atoms with Crippen molar-refractivity contribution >= 4 is 34.8 Å². The number of likely N-dealkylation sites (N-methyl/N-ethyl adjacent to an activating group) is 1. The highest BCUT2D eigenvalue weighted by molar-refractivity contribution is 6.42. The summed E-state index contributed by atoms with van der Waals surface area (Å²) in [5.74, 6) is -0.178. The Balaban J connectivity index is 1.63. The average Bonchev–Trinajstić information content (AvgIpc) is 3.37. The lowest BCUT2D eigenvalue weighted by atomic mass is 10.0. The number of fused-ring (bicyclic) bond motifs is 1. The van der Waals surface area contributed by atoms with Crippen molar-refractivity contribution in [3.05, 3.63) is 73.2 Å². The largest absolute Gasteiger partial charge is 0.337 e. The number of carbonyl (C=O) groups excluding carboxylic acids is 1. The van der Waals surface area contributed by atoms with E-state index in [0.29, 0.717) is 0 Å². The van der Waals surface area contributed by atoms with Gasteiger partial charge in [0.15, 0.2) is 0 Å². The van der Waals surface area contributed by atoms with E-state index in [1.54, 1.807) is 11.9 Å². The highest BCUT2D eigenvalue weighted by Gasteiger charge is 2.40. The van der Waals surface area contributed by atoms with Crippen LogP contribution in [0.1, 0.15) is 35.6 Å². The van der Waals surface area contributed by atoms with Crippen molar-refractivity contribution < 1.29 is 9.72 Å². The second-order valence-electron chi connectivity index (χ2n) is 7.99. The van der Waals surface area contributed by atoms with Gasteiger partial charge in [0.1, 0.15) is 0 Å². The quantitative estimate of drug-likeness (QED) is 0.493. The fourth-order valence-electron chi connectivity index (χ4n) is 4.75. The van der Waals surface area contributed by atoms with Crippen LogP contribution in [0.3, 0.4) is 0 Å². The van der Waals surface area contributed by atoms with E-state index in [1.165, 1.54) is 30.5 Å². The summed E-state index contributed by atoms with van der Waals surface area (Å²) in [5.41, 5.74) is 2.51. The molecular formula is C22H23Cl2N3O3. The molecule has 1 amide bonds. The van der Waals surface area contributed by atoms with Crippen LogP contribution in [-0.2, 0) is 17.6 Å². The highest BCUT2D eigenvalue weighted by atomic mass is 35.5. The second-order valence-corrected chi connectivity index (χ2v) is 8.81. The number of amides is 1. The number of nitro groups is 1. The van der Waals surface area contributed by atoms with Crippen LogP contribution < -0.4 is 0 Å². The maximum atomic E-state index is 13.2. The van der Waals surface area contributed by atoms with E-state index >= 15 is 0 Å². The van der Waals surface area contributed by atoms with Crippen LogP contribution in [0.2, 0.25) is 10.0 Å². The summed E-state index contributed by atoms with van der Waals surface area (Å²) in [5, 5.41) is 11.8. The molecular weight excluding hydrogens is 425 g/mol. The van der Waals surface area contributed by atoms with Gasteiger partial charge in [-0.1, -0.05) is 47.5 Å². The lowest BCUT2D eigenvalue weighted by molar-refractivity contribution is -0.385. The van der Waals surface area contributed by atoms with Crippen molar-refractivity contribution in [1.29, 1.82) is 0 Å². The van der Waals surface area contributed by atoms with Gasteiger partial charge in [0.05, 0.1) is 27.4 Å². The first-order chi connectivity index (χ1) is 14.4. The van der Waals surface area contributed by atoms with Crippen molar-refractivity contribution in [1.82, 2.24) is 9.80 Å². The van der Waals surface area contributed by atoms with Crippen molar-refractivity contribution in [2.45, 2.75) is 37.8 Å². The van der Waals surface area contributed by atoms with E-state index in [9.17, 15) is 14.9 Å². The summed E-state index contributed by atoms with van der Waals surface area (Å²) in [7, 11) is 1.79. The first-order valence-electron chi connectivity index (χ1n) is 10.1. The molecule has 158 valence electrons. The molecule has 8 heteroatoms. The molecule has 0 bridgehead atoms. The molecule has 0 saturated carbocycles. The number of hydrogen-bond acceptors (Lipinski definition) is 4. The number of likely N-dealkylation sites (tertiary alicyclic amines) is 1. The smallest absolute Gasteiger partial charge is 0.274 e. The maximum absolute atomic E-state index is 13.2. The summed E-state index contributed by atoms with van der Waals surface area (Å²) in [6.07, 6.45) is 3.15. The molecule has 0 radical (unpaired) electrons. The highest BCUT2D eigenvalue weighted by Crippen LogP contribution is 2.40. The SMILES string of the molecule is CN(C(=O)Cc1cc(Cl)c(Cl)cc1[N+](=O)[O-])[C@@H]1c2ccccc2C[C@H]1N1CCCC1. The van der Waals surface area contributed by atoms with Crippen molar-refractivity contribution in [3.63, 3.8) is 0 Å². The first-order valence-corrected chi connectivity index (χ1v) is 10.8. The Labute approximate surface area is 185 Å². The fourth-order valence-corrected chi connectivity index (χ4v) is 5.10. The fraction of sp³-hybridized carbons (Fsp3) is 0.409. The van der Waals surface area contributed by atoms with Gasteiger partial charge in [-0.25, -0.2) is 0 Å². The van der Waals surface area contributed by atoms with Gasteiger partial charge in [-0.3, -0.25) is 19.8 Å². The number of hydrogen-bond donors (Lipinski definition) is 0. The summed E-state index contributed by atoms with van der Waals surface area (Å²) in [4.78, 5) is 28.4. The van der Waals surface area contributed by atoms with E-state index < -0.39 is 4.92 Å². The first kappa shape index (κ1) is 21.1. The molecule has 1 fully saturated rings. The Morgan fingerprint density at radius 2 is 1.87 bits per heavy atom. The van der Waals surface area contributed by atoms with Crippen molar-refractivity contribution in [2.75, 3.05) is 20.1 Å². The normalized spacial score (nSPS) is 20.9. The van der Waals surface area contributed by atoms with Gasteiger partial charge in [0.25, 0.3) is 5.69 Å². The van der Waals surface area contributed by atoms with Crippen LogP contribution in [0.5, 0.6) is 0 Å². The van der Waals surface area contributed by atoms with E-state index in [1.807, 2.05) is 12.1 Å². The molecule has 0 unspecified atom stereocenters. The number of rotatable bonds is 5. The summed E-state index contributed by atoms with van der Waals surface area (Å²) in [6.45, 7) is 2.07. The standard InChI is InChI=1S/C22H23Cl2N3O3/c1-25(21(28)12-15-10-17(23)18(24)13-19(15)27(29)30)22-16-7-3-2-6-14(16)11-20(22)26-8-4-5-9-26/h2-3,6-7,10,13,20,22H,4-5,8-9,11-12H2,1H3/t20-,22-/m1/s1. The Morgan fingerprint density at radius 3 is 2.57 bits per heavy atom. The predicted molar refractivity (Wildman–Crippen MR) is 117 cm³/mol. The second kappa shape index (κ2) is 8.53. The van der Waals surface area contributed by atoms with Crippen LogP contribution in [0.25, 0.3) is 0 Å². The molecule has 4 rings (SSSR count). The Morgan fingerprint density at radius 1 is 1.20 bits per heavy atom. The third kappa shape index (κ3) is 3.92. The number of nitro benzene ring substituents is 1. The predicted octanol–water partition coefficient (Wildman–Crippen LogP) is 4.66. The molecule has 0 aromatic heterocycles. The molecule has 30 heavy (non-hydrogen) atoms. The van der Waals surface area contributed by atoms with Gasteiger partial charge in [0.2, 0.25) is 5.91 Å². The topological polar surface area (TPSA) is 66.7 Å². The minimum Gasteiger partial charge on any atom is -0.337 e. The van der Waals surface area contributed by atoms with Gasteiger partial charge in [-0.05, 0) is 49.5 Å². The monoisotopic (exact) mass is 447 g/mol. The maximum Gasteiger partial charge on any atom is 0.274 e. The molecule has 6 nitrogen and oxygen atoms in total. The van der Waals surface area contributed by atoms with Crippen molar-refractivity contribution in [2.24, 2.45) is 0 Å². The van der Waals surface area contributed by atoms with Gasteiger partial charge in [-0.15, -0.1) is 0 Å². The lowest BCUT2D eigenvalue weighted by Crippen LogP contribution is -2.44. The van der Waals surface area contributed by atoms with Crippen molar-refractivity contribution in [3.8, 4) is 0 Å². The van der Waals surface area contributed by atoms with Crippen LogP contribution in [0, 0.1) is 10.1 Å². The van der Waals surface area contributed by atoms with Crippen LogP contribution >= 0.6 is 23.2 Å². The van der Waals surface area contributed by atoms with E-state index in [0.717, 1.165) is 25.1 Å². The van der Waals surface area contributed by atoms with Gasteiger partial charge < -0.3 is 4.90 Å². The molecule has 0 spiro atoms. The van der Waals surface area contributed by atoms with E-state index in [-0.39, 0.29) is 45.7 Å². The molecule has 2 aromatic carbocycles. The zero-order valence-corrected chi connectivity index (χ0v) is 18.2. The summed E-state index contributed by atoms with van der Waals surface area (Å²) >= 11 is 12.0. The molecule has 1 aliphatic carbocycles. The Bertz CT molecular complexity index is 992. The van der Waals surface area contributed by atoms with E-state index in [4.69, 9.17) is 23.2 Å². The zero-order valence-electron chi connectivity index (χ0n) is 16.7. The van der Waals surface area contributed by atoms with Crippen LogP contribution in [0.4, 0.5) is 5.69 Å².